The van der Waals surface area contributed by atoms with Crippen molar-refractivity contribution in [3.05, 3.63) is 0 Å². The van der Waals surface area contributed by atoms with Crippen LogP contribution in [0.1, 0.15) is 47.0 Å². The molecule has 0 N–H and O–H groups in total. The van der Waals surface area contributed by atoms with Crippen LogP contribution in [-0.4, -0.2) is 24.0 Å². The summed E-state index contributed by atoms with van der Waals surface area (Å²) in [7, 11) is 0. The summed E-state index contributed by atoms with van der Waals surface area (Å²) in [4.78, 5) is 2.59. The standard InChI is InChI=1S/C11H23N/c1-5-11(4)7-8-12(6-2)10(3)9-11/h10H,5-9H2,1-4H3. The van der Waals surface area contributed by atoms with Crippen molar-refractivity contribution >= 4 is 0 Å². The predicted octanol–water partition coefficient (Wildman–Crippen LogP) is 2.91. The molecule has 0 radical (unpaired) electrons. The van der Waals surface area contributed by atoms with E-state index in [1.165, 1.54) is 32.4 Å². The molecule has 0 amide bonds. The van der Waals surface area contributed by atoms with E-state index in [0.717, 1.165) is 6.04 Å². The Morgan fingerprint density at radius 2 is 2.08 bits per heavy atom. The molecule has 1 heterocycles. The lowest BCUT2D eigenvalue weighted by molar-refractivity contribution is 0.0705. The Hall–Kier alpha value is -0.0400. The summed E-state index contributed by atoms with van der Waals surface area (Å²) < 4.78 is 0. The highest BCUT2D eigenvalue weighted by molar-refractivity contribution is 4.85. The molecule has 0 aromatic carbocycles. The molecule has 0 bridgehead atoms. The molecule has 2 atom stereocenters. The van der Waals surface area contributed by atoms with Crippen LogP contribution in [0.5, 0.6) is 0 Å². The lowest BCUT2D eigenvalue weighted by atomic mass is 9.75. The average molecular weight is 169 g/mol. The number of rotatable bonds is 2. The first-order valence-corrected chi connectivity index (χ1v) is 5.35. The molecule has 1 saturated heterocycles. The number of hydrogen-bond acceptors (Lipinski definition) is 1. The molecule has 0 aromatic rings. The van der Waals surface area contributed by atoms with Gasteiger partial charge in [-0.15, -0.1) is 0 Å². The van der Waals surface area contributed by atoms with Gasteiger partial charge in [0, 0.05) is 6.04 Å². The summed E-state index contributed by atoms with van der Waals surface area (Å²) in [5, 5.41) is 0. The molecular formula is C11H23N. The summed E-state index contributed by atoms with van der Waals surface area (Å²) in [5.74, 6) is 0. The van der Waals surface area contributed by atoms with Gasteiger partial charge in [0.15, 0.2) is 0 Å². The molecule has 1 nitrogen and oxygen atoms in total. The fourth-order valence-corrected chi connectivity index (χ4v) is 2.37. The Kier molecular flexibility index (Phi) is 3.16. The maximum atomic E-state index is 2.59. The van der Waals surface area contributed by atoms with Crippen LogP contribution in [-0.2, 0) is 0 Å². The van der Waals surface area contributed by atoms with Crippen LogP contribution < -0.4 is 0 Å². The molecule has 1 fully saturated rings. The second kappa shape index (κ2) is 3.78. The minimum atomic E-state index is 0.630. The number of hydrogen-bond donors (Lipinski definition) is 0. The largest absolute Gasteiger partial charge is 0.301 e. The first-order valence-electron chi connectivity index (χ1n) is 5.35. The quantitative estimate of drug-likeness (QED) is 0.614. The SMILES string of the molecule is CCN1CCC(C)(CC)CC1C. The van der Waals surface area contributed by atoms with Crippen LogP contribution in [0.2, 0.25) is 0 Å². The van der Waals surface area contributed by atoms with Crippen LogP contribution in [0.15, 0.2) is 0 Å². The molecular weight excluding hydrogens is 146 g/mol. The molecule has 12 heavy (non-hydrogen) atoms. The first-order chi connectivity index (χ1) is 5.61. The molecule has 0 saturated carbocycles. The maximum absolute atomic E-state index is 2.59. The van der Waals surface area contributed by atoms with Crippen LogP contribution in [0, 0.1) is 5.41 Å². The van der Waals surface area contributed by atoms with Crippen molar-refractivity contribution in [3.63, 3.8) is 0 Å². The molecule has 2 unspecified atom stereocenters. The Labute approximate surface area is 77.1 Å². The van der Waals surface area contributed by atoms with Crippen molar-refractivity contribution in [2.75, 3.05) is 13.1 Å². The monoisotopic (exact) mass is 169 g/mol. The van der Waals surface area contributed by atoms with E-state index in [4.69, 9.17) is 0 Å². The maximum Gasteiger partial charge on any atom is 0.00720 e. The summed E-state index contributed by atoms with van der Waals surface area (Å²) >= 11 is 0. The minimum absolute atomic E-state index is 0.630. The van der Waals surface area contributed by atoms with Gasteiger partial charge >= 0.3 is 0 Å². The van der Waals surface area contributed by atoms with Gasteiger partial charge < -0.3 is 4.90 Å². The van der Waals surface area contributed by atoms with Crippen molar-refractivity contribution in [1.29, 1.82) is 0 Å². The van der Waals surface area contributed by atoms with Crippen molar-refractivity contribution in [2.24, 2.45) is 5.41 Å². The van der Waals surface area contributed by atoms with Gasteiger partial charge in [-0.25, -0.2) is 0 Å². The molecule has 1 heteroatoms. The van der Waals surface area contributed by atoms with E-state index < -0.39 is 0 Å². The zero-order valence-electron chi connectivity index (χ0n) is 9.06. The lowest BCUT2D eigenvalue weighted by Gasteiger charge is -2.43. The summed E-state index contributed by atoms with van der Waals surface area (Å²) in [6, 6.07) is 0.800. The third-order valence-corrected chi connectivity index (χ3v) is 3.67. The molecule has 0 spiro atoms. The van der Waals surface area contributed by atoms with Crippen LogP contribution in [0.3, 0.4) is 0 Å². The molecule has 0 aliphatic carbocycles. The van der Waals surface area contributed by atoms with Crippen LogP contribution in [0.25, 0.3) is 0 Å². The molecule has 1 aliphatic heterocycles. The van der Waals surface area contributed by atoms with Gasteiger partial charge in [-0.05, 0) is 38.3 Å². The fourth-order valence-electron chi connectivity index (χ4n) is 2.37. The highest BCUT2D eigenvalue weighted by Gasteiger charge is 2.31. The van der Waals surface area contributed by atoms with Gasteiger partial charge in [-0.3, -0.25) is 0 Å². The van der Waals surface area contributed by atoms with E-state index in [1.54, 1.807) is 0 Å². The Balaban J connectivity index is 2.51. The van der Waals surface area contributed by atoms with E-state index in [1.807, 2.05) is 0 Å². The van der Waals surface area contributed by atoms with Crippen LogP contribution in [0.4, 0.5) is 0 Å². The van der Waals surface area contributed by atoms with Crippen molar-refractivity contribution < 1.29 is 0 Å². The second-order valence-electron chi connectivity index (χ2n) is 4.60. The van der Waals surface area contributed by atoms with E-state index in [2.05, 4.69) is 32.6 Å². The predicted molar refractivity (Wildman–Crippen MR) is 54.3 cm³/mol. The van der Waals surface area contributed by atoms with Crippen LogP contribution >= 0.6 is 0 Å². The third-order valence-electron chi connectivity index (χ3n) is 3.67. The Bertz CT molecular complexity index is 144. The van der Waals surface area contributed by atoms with E-state index in [0.29, 0.717) is 5.41 Å². The lowest BCUT2D eigenvalue weighted by Crippen LogP contribution is -2.44. The van der Waals surface area contributed by atoms with Gasteiger partial charge in [-0.2, -0.15) is 0 Å². The fraction of sp³-hybridized carbons (Fsp3) is 1.00. The molecule has 0 aromatic heterocycles. The number of piperidine rings is 1. The van der Waals surface area contributed by atoms with E-state index in [-0.39, 0.29) is 0 Å². The van der Waals surface area contributed by atoms with E-state index in [9.17, 15) is 0 Å². The average Bonchev–Trinajstić information content (AvgIpc) is 2.05. The highest BCUT2D eigenvalue weighted by Crippen LogP contribution is 2.36. The number of likely N-dealkylation sites (tertiary alicyclic amines) is 1. The second-order valence-corrected chi connectivity index (χ2v) is 4.60. The van der Waals surface area contributed by atoms with Gasteiger partial charge in [0.25, 0.3) is 0 Å². The molecule has 72 valence electrons. The Morgan fingerprint density at radius 3 is 2.50 bits per heavy atom. The zero-order valence-corrected chi connectivity index (χ0v) is 9.06. The zero-order chi connectivity index (χ0) is 9.19. The van der Waals surface area contributed by atoms with Gasteiger partial charge in [0.2, 0.25) is 0 Å². The normalized spacial score (nSPS) is 38.5. The van der Waals surface area contributed by atoms with Gasteiger partial charge in [0.05, 0.1) is 0 Å². The van der Waals surface area contributed by atoms with Crippen molar-refractivity contribution in [3.8, 4) is 0 Å². The Morgan fingerprint density at radius 1 is 1.42 bits per heavy atom. The first kappa shape index (κ1) is 10.0. The van der Waals surface area contributed by atoms with Crippen molar-refractivity contribution in [2.45, 2.75) is 53.0 Å². The summed E-state index contributed by atoms with van der Waals surface area (Å²) in [6.45, 7) is 11.9. The number of nitrogens with zero attached hydrogens (tertiary/aromatic N) is 1. The smallest absolute Gasteiger partial charge is 0.00720 e. The van der Waals surface area contributed by atoms with Crippen molar-refractivity contribution in [1.82, 2.24) is 4.90 Å². The molecule has 1 aliphatic rings. The van der Waals surface area contributed by atoms with Gasteiger partial charge in [0.1, 0.15) is 0 Å². The summed E-state index contributed by atoms with van der Waals surface area (Å²) in [5.41, 5.74) is 0.630. The topological polar surface area (TPSA) is 3.24 Å². The molecule has 1 rings (SSSR count). The minimum Gasteiger partial charge on any atom is -0.301 e. The highest BCUT2D eigenvalue weighted by atomic mass is 15.2. The summed E-state index contributed by atoms with van der Waals surface area (Å²) in [6.07, 6.45) is 4.12. The third kappa shape index (κ3) is 2.01. The van der Waals surface area contributed by atoms with E-state index >= 15 is 0 Å². The van der Waals surface area contributed by atoms with Gasteiger partial charge in [-0.1, -0.05) is 27.2 Å².